The van der Waals surface area contributed by atoms with E-state index in [1.165, 1.54) is 0 Å². The second-order valence-corrected chi connectivity index (χ2v) is 8.99. The van der Waals surface area contributed by atoms with Gasteiger partial charge >= 0.3 is 0 Å². The van der Waals surface area contributed by atoms with Crippen LogP contribution in [0.25, 0.3) is 5.65 Å². The lowest BCUT2D eigenvalue weighted by Gasteiger charge is -2.23. The molecule has 9 nitrogen and oxygen atoms in total. The molecule has 1 aromatic carbocycles. The highest BCUT2D eigenvalue weighted by Gasteiger charge is 2.19. The number of rotatable bonds is 8. The molecule has 2 aliphatic heterocycles. The summed E-state index contributed by atoms with van der Waals surface area (Å²) in [6.45, 7) is 7.90. The van der Waals surface area contributed by atoms with Gasteiger partial charge < -0.3 is 24.8 Å². The lowest BCUT2D eigenvalue weighted by atomic mass is 10.1. The largest absolute Gasteiger partial charge is 0.488 e. The lowest BCUT2D eigenvalue weighted by molar-refractivity contribution is 0.0903. The Morgan fingerprint density at radius 1 is 1.06 bits per heavy atom. The van der Waals surface area contributed by atoms with E-state index in [4.69, 9.17) is 24.2 Å². The molecular formula is C24H32N6O3. The summed E-state index contributed by atoms with van der Waals surface area (Å²) in [6.07, 6.45) is 4.89. The van der Waals surface area contributed by atoms with Crippen molar-refractivity contribution in [3.8, 4) is 5.75 Å². The van der Waals surface area contributed by atoms with Gasteiger partial charge in [0.05, 0.1) is 19.4 Å². The monoisotopic (exact) mass is 452 g/mol. The highest BCUT2D eigenvalue weighted by Crippen LogP contribution is 2.24. The van der Waals surface area contributed by atoms with Crippen molar-refractivity contribution in [3.63, 3.8) is 0 Å². The highest BCUT2D eigenvalue weighted by molar-refractivity contribution is 5.56. The second kappa shape index (κ2) is 9.93. The maximum absolute atomic E-state index is 5.97. The SMILES string of the molecule is CC(C)c1cnn2c(NCc3ccc(OC4CCOC4)cc3)nc(NC3CCOCC3)nc12. The van der Waals surface area contributed by atoms with Crippen molar-refractivity contribution < 1.29 is 14.2 Å². The van der Waals surface area contributed by atoms with E-state index in [1.54, 1.807) is 4.52 Å². The molecule has 0 radical (unpaired) electrons. The molecule has 2 aromatic heterocycles. The van der Waals surface area contributed by atoms with Crippen LogP contribution >= 0.6 is 0 Å². The molecule has 0 amide bonds. The van der Waals surface area contributed by atoms with Crippen LogP contribution in [0.15, 0.2) is 30.5 Å². The maximum Gasteiger partial charge on any atom is 0.229 e. The van der Waals surface area contributed by atoms with E-state index in [0.717, 1.165) is 61.6 Å². The Kier molecular flexibility index (Phi) is 6.59. The van der Waals surface area contributed by atoms with Crippen LogP contribution in [0.3, 0.4) is 0 Å². The Morgan fingerprint density at radius 2 is 1.85 bits per heavy atom. The number of nitrogens with one attached hydrogen (secondary N) is 2. The minimum absolute atomic E-state index is 0.153. The first-order valence-corrected chi connectivity index (χ1v) is 11.8. The van der Waals surface area contributed by atoms with Crippen LogP contribution in [0.1, 0.15) is 50.2 Å². The van der Waals surface area contributed by atoms with Gasteiger partial charge in [-0.05, 0) is 36.5 Å². The third-order valence-electron chi connectivity index (χ3n) is 6.14. The Labute approximate surface area is 193 Å². The summed E-state index contributed by atoms with van der Waals surface area (Å²) in [4.78, 5) is 9.55. The summed E-state index contributed by atoms with van der Waals surface area (Å²) in [7, 11) is 0. The Balaban J connectivity index is 1.32. The van der Waals surface area contributed by atoms with E-state index < -0.39 is 0 Å². The minimum atomic E-state index is 0.153. The van der Waals surface area contributed by atoms with Crippen molar-refractivity contribution in [1.29, 1.82) is 0 Å². The highest BCUT2D eigenvalue weighted by atomic mass is 16.5. The molecule has 33 heavy (non-hydrogen) atoms. The van der Waals surface area contributed by atoms with Gasteiger partial charge in [0.1, 0.15) is 11.9 Å². The summed E-state index contributed by atoms with van der Waals surface area (Å²) in [5.41, 5.74) is 3.07. The number of hydrogen-bond acceptors (Lipinski definition) is 8. The zero-order chi connectivity index (χ0) is 22.6. The Bertz CT molecular complexity index is 1060. The van der Waals surface area contributed by atoms with Crippen molar-refractivity contribution in [2.75, 3.05) is 37.1 Å². The van der Waals surface area contributed by atoms with Gasteiger partial charge in [-0.15, -0.1) is 0 Å². The fraction of sp³-hybridized carbons (Fsp3) is 0.542. The lowest BCUT2D eigenvalue weighted by Crippen LogP contribution is -2.29. The van der Waals surface area contributed by atoms with E-state index in [9.17, 15) is 0 Å². The molecule has 3 aromatic rings. The molecule has 0 saturated carbocycles. The molecule has 2 N–H and O–H groups in total. The van der Waals surface area contributed by atoms with E-state index in [-0.39, 0.29) is 6.10 Å². The van der Waals surface area contributed by atoms with Crippen molar-refractivity contribution in [3.05, 3.63) is 41.6 Å². The fourth-order valence-electron chi connectivity index (χ4n) is 4.17. The predicted molar refractivity (Wildman–Crippen MR) is 126 cm³/mol. The molecule has 9 heteroatoms. The van der Waals surface area contributed by atoms with Crippen LogP contribution in [0.2, 0.25) is 0 Å². The normalized spacial score (nSPS) is 19.3. The summed E-state index contributed by atoms with van der Waals surface area (Å²) in [5, 5.41) is 11.5. The molecule has 4 heterocycles. The first kappa shape index (κ1) is 21.9. The molecule has 5 rings (SSSR count). The smallest absolute Gasteiger partial charge is 0.229 e. The zero-order valence-corrected chi connectivity index (χ0v) is 19.3. The van der Waals surface area contributed by atoms with Crippen molar-refractivity contribution in [1.82, 2.24) is 19.6 Å². The molecule has 2 saturated heterocycles. The minimum Gasteiger partial charge on any atom is -0.488 e. The summed E-state index contributed by atoms with van der Waals surface area (Å²) >= 11 is 0. The number of ether oxygens (including phenoxy) is 3. The molecule has 0 aliphatic carbocycles. The average Bonchev–Trinajstić information content (AvgIpc) is 3.49. The second-order valence-electron chi connectivity index (χ2n) is 8.99. The first-order chi connectivity index (χ1) is 16.2. The number of hydrogen-bond donors (Lipinski definition) is 2. The quantitative estimate of drug-likeness (QED) is 0.535. The van der Waals surface area contributed by atoms with Gasteiger partial charge in [0.25, 0.3) is 0 Å². The molecule has 0 bridgehead atoms. The number of fused-ring (bicyclic) bond motifs is 1. The van der Waals surface area contributed by atoms with Crippen molar-refractivity contribution in [2.24, 2.45) is 0 Å². The van der Waals surface area contributed by atoms with Gasteiger partial charge in [-0.3, -0.25) is 0 Å². The molecular weight excluding hydrogens is 420 g/mol. The predicted octanol–water partition coefficient (Wildman–Crippen LogP) is 3.62. The summed E-state index contributed by atoms with van der Waals surface area (Å²) < 4.78 is 18.6. The first-order valence-electron chi connectivity index (χ1n) is 11.8. The number of aromatic nitrogens is 4. The van der Waals surface area contributed by atoms with Crippen LogP contribution in [-0.2, 0) is 16.0 Å². The zero-order valence-electron chi connectivity index (χ0n) is 19.3. The third-order valence-corrected chi connectivity index (χ3v) is 6.14. The van der Waals surface area contributed by atoms with Crippen LogP contribution < -0.4 is 15.4 Å². The van der Waals surface area contributed by atoms with Crippen molar-refractivity contribution in [2.45, 2.75) is 57.7 Å². The fourth-order valence-corrected chi connectivity index (χ4v) is 4.17. The van der Waals surface area contributed by atoms with E-state index in [1.807, 2.05) is 18.3 Å². The Morgan fingerprint density at radius 3 is 2.58 bits per heavy atom. The molecule has 2 aliphatic rings. The van der Waals surface area contributed by atoms with Gasteiger partial charge in [0.2, 0.25) is 11.9 Å². The third kappa shape index (κ3) is 5.20. The van der Waals surface area contributed by atoms with Crippen LogP contribution in [0.5, 0.6) is 5.75 Å². The van der Waals surface area contributed by atoms with Crippen LogP contribution in [-0.4, -0.2) is 58.2 Å². The van der Waals surface area contributed by atoms with Crippen LogP contribution in [0, 0.1) is 0 Å². The summed E-state index contributed by atoms with van der Waals surface area (Å²) in [6, 6.07) is 8.47. The Hall–Kier alpha value is -2.91. The molecule has 2 fully saturated rings. The van der Waals surface area contributed by atoms with Crippen LogP contribution in [0.4, 0.5) is 11.9 Å². The average molecular weight is 453 g/mol. The van der Waals surface area contributed by atoms with Gasteiger partial charge in [-0.1, -0.05) is 26.0 Å². The standard InChI is InChI=1S/C24H32N6O3/c1-16(2)21-14-26-30-22(21)28-23(27-18-7-10-31-11-8-18)29-24(30)25-13-17-3-5-19(6-4-17)33-20-9-12-32-15-20/h3-6,14,16,18,20H,7-13,15H2,1-2H3,(H2,25,27,28,29). The number of benzene rings is 1. The topological polar surface area (TPSA) is 94.8 Å². The maximum atomic E-state index is 5.97. The van der Waals surface area contributed by atoms with E-state index >= 15 is 0 Å². The van der Waals surface area contributed by atoms with Gasteiger partial charge in [-0.25, -0.2) is 0 Å². The van der Waals surface area contributed by atoms with E-state index in [0.29, 0.717) is 37.0 Å². The molecule has 1 unspecified atom stereocenters. The molecule has 176 valence electrons. The van der Waals surface area contributed by atoms with Gasteiger partial charge in [0.15, 0.2) is 5.65 Å². The molecule has 0 spiro atoms. The van der Waals surface area contributed by atoms with Gasteiger partial charge in [0, 0.05) is 37.8 Å². The van der Waals surface area contributed by atoms with E-state index in [2.05, 4.69) is 41.7 Å². The number of nitrogens with zero attached hydrogens (tertiary/aromatic N) is 4. The summed E-state index contributed by atoms with van der Waals surface area (Å²) in [5.74, 6) is 2.49. The van der Waals surface area contributed by atoms with Crippen molar-refractivity contribution >= 4 is 17.5 Å². The van der Waals surface area contributed by atoms with Gasteiger partial charge in [-0.2, -0.15) is 19.6 Å². The number of anilines is 2. The molecule has 1 atom stereocenters.